The molecule has 0 amide bonds. The average molecular weight is 255 g/mol. The van der Waals surface area contributed by atoms with E-state index in [0.29, 0.717) is 0 Å². The van der Waals surface area contributed by atoms with Crippen molar-refractivity contribution in [2.75, 3.05) is 0 Å². The standard InChI is InChI=1S/C15H13NO3/c1-2-15(19-14-6-4-3-5-7-14)12-8-10-13(11-9-12)16(17)18/h2-11,15H,1H2/t15-/m0/s1. The van der Waals surface area contributed by atoms with Gasteiger partial charge in [-0.1, -0.05) is 24.8 Å². The van der Waals surface area contributed by atoms with E-state index in [0.717, 1.165) is 11.3 Å². The molecule has 1 atom stereocenters. The highest BCUT2D eigenvalue weighted by Gasteiger charge is 2.11. The van der Waals surface area contributed by atoms with E-state index in [4.69, 9.17) is 4.74 Å². The van der Waals surface area contributed by atoms with Crippen LogP contribution < -0.4 is 4.74 Å². The van der Waals surface area contributed by atoms with Crippen LogP contribution in [0.4, 0.5) is 5.69 Å². The molecular formula is C15H13NO3. The Labute approximate surface area is 111 Å². The Balaban J connectivity index is 2.18. The second kappa shape index (κ2) is 5.82. The molecule has 0 aliphatic carbocycles. The molecule has 2 rings (SSSR count). The third-order valence-corrected chi connectivity index (χ3v) is 2.65. The van der Waals surface area contributed by atoms with Crippen LogP contribution in [0.1, 0.15) is 11.7 Å². The van der Waals surface area contributed by atoms with Gasteiger partial charge in [-0.2, -0.15) is 0 Å². The van der Waals surface area contributed by atoms with Gasteiger partial charge in [0.15, 0.2) is 0 Å². The van der Waals surface area contributed by atoms with Crippen molar-refractivity contribution in [3.63, 3.8) is 0 Å². The summed E-state index contributed by atoms with van der Waals surface area (Å²) >= 11 is 0. The maximum atomic E-state index is 10.6. The third kappa shape index (κ3) is 3.19. The number of rotatable bonds is 5. The highest BCUT2D eigenvalue weighted by Crippen LogP contribution is 2.24. The molecule has 0 saturated carbocycles. The van der Waals surface area contributed by atoms with E-state index in [-0.39, 0.29) is 11.8 Å². The predicted molar refractivity (Wildman–Crippen MR) is 73.1 cm³/mol. The van der Waals surface area contributed by atoms with E-state index in [1.54, 1.807) is 18.2 Å². The van der Waals surface area contributed by atoms with Gasteiger partial charge in [-0.15, -0.1) is 0 Å². The van der Waals surface area contributed by atoms with Gasteiger partial charge in [0.05, 0.1) is 4.92 Å². The number of non-ortho nitro benzene ring substituents is 1. The van der Waals surface area contributed by atoms with E-state index < -0.39 is 4.92 Å². The van der Waals surface area contributed by atoms with Gasteiger partial charge in [-0.25, -0.2) is 0 Å². The van der Waals surface area contributed by atoms with Crippen LogP contribution in [0.25, 0.3) is 0 Å². The summed E-state index contributed by atoms with van der Waals surface area (Å²) in [6.07, 6.45) is 1.33. The molecule has 0 N–H and O–H groups in total. The molecule has 0 fully saturated rings. The summed E-state index contributed by atoms with van der Waals surface area (Å²) in [5.74, 6) is 0.728. The number of nitrogens with zero attached hydrogens (tertiary/aromatic N) is 1. The molecule has 0 aliphatic heterocycles. The second-order valence-corrected chi connectivity index (χ2v) is 3.94. The van der Waals surface area contributed by atoms with Crippen LogP contribution in [0.3, 0.4) is 0 Å². The number of nitro benzene ring substituents is 1. The van der Waals surface area contributed by atoms with Crippen LogP contribution in [-0.4, -0.2) is 4.92 Å². The van der Waals surface area contributed by atoms with Crippen molar-refractivity contribution in [2.45, 2.75) is 6.10 Å². The van der Waals surface area contributed by atoms with Crippen molar-refractivity contribution >= 4 is 5.69 Å². The zero-order chi connectivity index (χ0) is 13.7. The van der Waals surface area contributed by atoms with Crippen LogP contribution in [0.5, 0.6) is 5.75 Å². The predicted octanol–water partition coefficient (Wildman–Crippen LogP) is 3.90. The minimum absolute atomic E-state index is 0.0614. The van der Waals surface area contributed by atoms with Crippen molar-refractivity contribution in [3.05, 3.63) is 82.9 Å². The summed E-state index contributed by atoms with van der Waals surface area (Å²) in [6, 6.07) is 15.6. The van der Waals surface area contributed by atoms with Gasteiger partial charge in [0.1, 0.15) is 11.9 Å². The minimum atomic E-state index is -0.426. The molecule has 19 heavy (non-hydrogen) atoms. The number of hydrogen-bond acceptors (Lipinski definition) is 3. The molecule has 0 spiro atoms. The van der Waals surface area contributed by atoms with Gasteiger partial charge in [-0.05, 0) is 35.9 Å². The first kappa shape index (κ1) is 12.8. The summed E-state index contributed by atoms with van der Waals surface area (Å²) in [5.41, 5.74) is 0.885. The molecule has 0 unspecified atom stereocenters. The SMILES string of the molecule is C=C[C@H](Oc1ccccc1)c1ccc([N+](=O)[O-])cc1. The zero-order valence-corrected chi connectivity index (χ0v) is 10.2. The van der Waals surface area contributed by atoms with E-state index in [9.17, 15) is 10.1 Å². The lowest BCUT2D eigenvalue weighted by molar-refractivity contribution is -0.384. The topological polar surface area (TPSA) is 52.4 Å². The summed E-state index contributed by atoms with van der Waals surface area (Å²) in [5, 5.41) is 10.6. The summed E-state index contributed by atoms with van der Waals surface area (Å²) in [7, 11) is 0. The molecule has 4 heteroatoms. The van der Waals surface area contributed by atoms with Crippen LogP contribution in [-0.2, 0) is 0 Å². The van der Waals surface area contributed by atoms with E-state index >= 15 is 0 Å². The van der Waals surface area contributed by atoms with Gasteiger partial charge in [0.2, 0.25) is 0 Å². The average Bonchev–Trinajstić information content (AvgIpc) is 2.46. The van der Waals surface area contributed by atoms with Crippen LogP contribution >= 0.6 is 0 Å². The Bertz CT molecular complexity index is 564. The Morgan fingerprint density at radius 3 is 2.26 bits per heavy atom. The first-order valence-electron chi connectivity index (χ1n) is 5.79. The fourth-order valence-electron chi connectivity index (χ4n) is 1.68. The molecule has 0 saturated heterocycles. The Kier molecular flexibility index (Phi) is 3.93. The molecule has 0 bridgehead atoms. The minimum Gasteiger partial charge on any atom is -0.482 e. The van der Waals surface area contributed by atoms with E-state index in [1.165, 1.54) is 12.1 Å². The summed E-state index contributed by atoms with van der Waals surface area (Å²) in [4.78, 5) is 10.2. The third-order valence-electron chi connectivity index (χ3n) is 2.65. The Morgan fingerprint density at radius 1 is 1.11 bits per heavy atom. The monoisotopic (exact) mass is 255 g/mol. The van der Waals surface area contributed by atoms with Crippen molar-refractivity contribution in [1.29, 1.82) is 0 Å². The molecule has 0 aliphatic rings. The summed E-state index contributed by atoms with van der Waals surface area (Å²) < 4.78 is 5.76. The molecule has 2 aromatic carbocycles. The Morgan fingerprint density at radius 2 is 1.74 bits per heavy atom. The molecule has 4 nitrogen and oxygen atoms in total. The molecule has 2 aromatic rings. The van der Waals surface area contributed by atoms with Crippen LogP contribution in [0, 0.1) is 10.1 Å². The van der Waals surface area contributed by atoms with Crippen molar-refractivity contribution < 1.29 is 9.66 Å². The number of benzene rings is 2. The van der Waals surface area contributed by atoms with Crippen molar-refractivity contribution in [2.24, 2.45) is 0 Å². The largest absolute Gasteiger partial charge is 0.482 e. The molecular weight excluding hydrogens is 242 g/mol. The van der Waals surface area contributed by atoms with E-state index in [2.05, 4.69) is 6.58 Å². The van der Waals surface area contributed by atoms with Gasteiger partial charge < -0.3 is 4.74 Å². The highest BCUT2D eigenvalue weighted by atomic mass is 16.6. The molecule has 0 radical (unpaired) electrons. The van der Waals surface area contributed by atoms with Crippen molar-refractivity contribution in [3.8, 4) is 5.75 Å². The smallest absolute Gasteiger partial charge is 0.269 e. The Hall–Kier alpha value is -2.62. The maximum absolute atomic E-state index is 10.6. The maximum Gasteiger partial charge on any atom is 0.269 e. The van der Waals surface area contributed by atoms with Crippen LogP contribution in [0.2, 0.25) is 0 Å². The molecule has 0 heterocycles. The first-order chi connectivity index (χ1) is 9.20. The number of hydrogen-bond donors (Lipinski definition) is 0. The fraction of sp³-hybridized carbons (Fsp3) is 0.0667. The van der Waals surface area contributed by atoms with Crippen LogP contribution in [0.15, 0.2) is 67.3 Å². The lowest BCUT2D eigenvalue weighted by atomic mass is 10.1. The van der Waals surface area contributed by atoms with E-state index in [1.807, 2.05) is 30.3 Å². The lowest BCUT2D eigenvalue weighted by Crippen LogP contribution is -2.04. The van der Waals surface area contributed by atoms with Crippen molar-refractivity contribution in [1.82, 2.24) is 0 Å². The van der Waals surface area contributed by atoms with Gasteiger partial charge in [0.25, 0.3) is 5.69 Å². The molecule has 0 aromatic heterocycles. The van der Waals surface area contributed by atoms with Gasteiger partial charge in [-0.3, -0.25) is 10.1 Å². The lowest BCUT2D eigenvalue weighted by Gasteiger charge is -2.15. The fourth-order valence-corrected chi connectivity index (χ4v) is 1.68. The number of para-hydroxylation sites is 1. The highest BCUT2D eigenvalue weighted by molar-refractivity contribution is 5.35. The van der Waals surface area contributed by atoms with Gasteiger partial charge >= 0.3 is 0 Å². The number of ether oxygens (including phenoxy) is 1. The normalized spacial score (nSPS) is 11.6. The quantitative estimate of drug-likeness (QED) is 0.462. The van der Waals surface area contributed by atoms with Gasteiger partial charge in [0, 0.05) is 12.1 Å². The first-order valence-corrected chi connectivity index (χ1v) is 5.79. The number of nitro groups is 1. The summed E-state index contributed by atoms with van der Waals surface area (Å²) in [6.45, 7) is 3.73. The second-order valence-electron chi connectivity index (χ2n) is 3.94. The molecule has 96 valence electrons. The zero-order valence-electron chi connectivity index (χ0n) is 10.2.